The van der Waals surface area contributed by atoms with Crippen LogP contribution in [0, 0.1) is 0 Å². The molecule has 1 aliphatic rings. The van der Waals surface area contributed by atoms with Gasteiger partial charge >= 0.3 is 0 Å². The Morgan fingerprint density at radius 3 is 2.70 bits per heavy atom. The maximum atomic E-state index is 12.2. The smallest absolute Gasteiger partial charge is 0.258 e. The minimum absolute atomic E-state index is 0. The van der Waals surface area contributed by atoms with E-state index in [4.69, 9.17) is 37.1 Å². The first-order valence-electron chi connectivity index (χ1n) is 8.44. The van der Waals surface area contributed by atoms with Gasteiger partial charge in [-0.3, -0.25) is 4.79 Å². The van der Waals surface area contributed by atoms with Gasteiger partial charge in [-0.15, -0.1) is 0 Å². The predicted octanol–water partition coefficient (Wildman–Crippen LogP) is -1.26. The van der Waals surface area contributed by atoms with Gasteiger partial charge in [0, 0.05) is 5.02 Å². The standard InChI is InChI=1S/C18H20Cl2N2O4.ClH/c19-13-3-4-16(14(20)10-13)26-12-18(23)21-11-15(17-2-1-7-25-17)22-5-8-24-9-6-22;/h1-4,7,10,15H,5-6,8-9,11-12H2,(H,21,23);1H. The van der Waals surface area contributed by atoms with E-state index in [1.54, 1.807) is 24.5 Å². The molecule has 1 saturated heterocycles. The zero-order valence-corrected chi connectivity index (χ0v) is 16.8. The summed E-state index contributed by atoms with van der Waals surface area (Å²) in [6, 6.07) is 8.71. The molecular weight excluding hydrogens is 415 g/mol. The van der Waals surface area contributed by atoms with Crippen molar-refractivity contribution in [3.05, 3.63) is 52.4 Å². The molecular formula is C18H21Cl3N2O4. The van der Waals surface area contributed by atoms with Crippen LogP contribution in [0.4, 0.5) is 0 Å². The van der Waals surface area contributed by atoms with Gasteiger partial charge in [-0.05, 0) is 30.3 Å². The van der Waals surface area contributed by atoms with Gasteiger partial charge in [0.15, 0.2) is 18.4 Å². The van der Waals surface area contributed by atoms with Crippen LogP contribution in [-0.4, -0.2) is 45.4 Å². The topological polar surface area (TPSA) is 65.1 Å². The van der Waals surface area contributed by atoms with E-state index in [0.29, 0.717) is 35.6 Å². The number of nitrogens with one attached hydrogen (secondary N) is 2. The summed E-state index contributed by atoms with van der Waals surface area (Å²) in [5.41, 5.74) is 0. The van der Waals surface area contributed by atoms with Gasteiger partial charge in [-0.2, -0.15) is 0 Å². The van der Waals surface area contributed by atoms with E-state index in [1.165, 1.54) is 4.90 Å². The Morgan fingerprint density at radius 1 is 1.26 bits per heavy atom. The monoisotopic (exact) mass is 434 g/mol. The van der Waals surface area contributed by atoms with Crippen molar-refractivity contribution in [3.63, 3.8) is 0 Å². The first kappa shape index (κ1) is 21.9. The summed E-state index contributed by atoms with van der Waals surface area (Å²) in [6.07, 6.45) is 1.65. The highest BCUT2D eigenvalue weighted by atomic mass is 35.5. The highest BCUT2D eigenvalue weighted by Crippen LogP contribution is 2.27. The van der Waals surface area contributed by atoms with Crippen LogP contribution in [0.2, 0.25) is 10.0 Å². The van der Waals surface area contributed by atoms with Crippen molar-refractivity contribution in [2.45, 2.75) is 6.04 Å². The van der Waals surface area contributed by atoms with Crippen LogP contribution in [-0.2, 0) is 9.53 Å². The van der Waals surface area contributed by atoms with Gasteiger partial charge < -0.3 is 36.5 Å². The molecule has 0 aliphatic carbocycles. The molecule has 1 aromatic heterocycles. The molecule has 148 valence electrons. The van der Waals surface area contributed by atoms with E-state index in [9.17, 15) is 4.79 Å². The van der Waals surface area contributed by atoms with Crippen LogP contribution >= 0.6 is 23.2 Å². The Labute approximate surface area is 174 Å². The average Bonchev–Trinajstić information content (AvgIpc) is 3.16. The Bertz CT molecular complexity index is 721. The third kappa shape index (κ3) is 6.30. The van der Waals surface area contributed by atoms with Gasteiger partial charge in [0.25, 0.3) is 5.91 Å². The predicted molar refractivity (Wildman–Crippen MR) is 97.9 cm³/mol. The summed E-state index contributed by atoms with van der Waals surface area (Å²) in [6.45, 7) is 3.50. The second-order valence-corrected chi connectivity index (χ2v) is 6.85. The zero-order chi connectivity index (χ0) is 18.4. The summed E-state index contributed by atoms with van der Waals surface area (Å²) in [7, 11) is 0. The van der Waals surface area contributed by atoms with E-state index in [0.717, 1.165) is 18.8 Å². The second kappa shape index (κ2) is 10.8. The summed E-state index contributed by atoms with van der Waals surface area (Å²) < 4.78 is 16.5. The Balaban J connectivity index is 0.00000261. The molecule has 1 fully saturated rings. The third-order valence-corrected chi connectivity index (χ3v) is 4.80. The molecule has 1 amide bonds. The molecule has 0 spiro atoms. The number of ether oxygens (including phenoxy) is 2. The molecule has 1 atom stereocenters. The van der Waals surface area contributed by atoms with Gasteiger partial charge in [-0.1, -0.05) is 23.2 Å². The zero-order valence-electron chi connectivity index (χ0n) is 14.6. The normalized spacial score (nSPS) is 15.6. The lowest BCUT2D eigenvalue weighted by Gasteiger charge is -2.30. The Morgan fingerprint density at radius 2 is 2.04 bits per heavy atom. The van der Waals surface area contributed by atoms with Gasteiger partial charge in [0.2, 0.25) is 0 Å². The van der Waals surface area contributed by atoms with Crippen molar-refractivity contribution in [1.29, 1.82) is 0 Å². The van der Waals surface area contributed by atoms with Crippen molar-refractivity contribution in [2.24, 2.45) is 0 Å². The first-order chi connectivity index (χ1) is 12.6. The molecule has 0 bridgehead atoms. The van der Waals surface area contributed by atoms with Crippen molar-refractivity contribution in [1.82, 2.24) is 5.32 Å². The highest BCUT2D eigenvalue weighted by Gasteiger charge is 2.28. The Kier molecular flexibility index (Phi) is 8.73. The number of hydrogen-bond donors (Lipinski definition) is 2. The summed E-state index contributed by atoms with van der Waals surface area (Å²) in [5, 5.41) is 3.80. The van der Waals surface area contributed by atoms with E-state index in [-0.39, 0.29) is 31.0 Å². The maximum absolute atomic E-state index is 12.2. The van der Waals surface area contributed by atoms with Crippen LogP contribution in [0.1, 0.15) is 11.8 Å². The fourth-order valence-corrected chi connectivity index (χ4v) is 3.38. The van der Waals surface area contributed by atoms with Gasteiger partial charge in [0.1, 0.15) is 18.8 Å². The van der Waals surface area contributed by atoms with Crippen LogP contribution in [0.5, 0.6) is 5.75 Å². The maximum Gasteiger partial charge on any atom is 0.258 e. The van der Waals surface area contributed by atoms with Crippen molar-refractivity contribution in [2.75, 3.05) is 39.5 Å². The molecule has 2 heterocycles. The van der Waals surface area contributed by atoms with Crippen molar-refractivity contribution in [3.8, 4) is 5.75 Å². The molecule has 6 nitrogen and oxygen atoms in total. The molecule has 27 heavy (non-hydrogen) atoms. The van der Waals surface area contributed by atoms with Gasteiger partial charge in [-0.25, -0.2) is 0 Å². The van der Waals surface area contributed by atoms with E-state index >= 15 is 0 Å². The van der Waals surface area contributed by atoms with Gasteiger partial charge in [0.05, 0.1) is 31.0 Å². The molecule has 0 saturated carbocycles. The largest absolute Gasteiger partial charge is 1.00 e. The average molecular weight is 436 g/mol. The number of amides is 1. The quantitative estimate of drug-likeness (QED) is 0.570. The minimum Gasteiger partial charge on any atom is -1.00 e. The number of halogens is 3. The molecule has 0 radical (unpaired) electrons. The lowest BCUT2D eigenvalue weighted by Crippen LogP contribution is -3.15. The number of carbonyl (C=O) groups is 1. The number of rotatable bonds is 7. The van der Waals surface area contributed by atoms with Crippen LogP contribution in [0.25, 0.3) is 0 Å². The number of quaternary nitrogens is 1. The van der Waals surface area contributed by atoms with E-state index in [1.807, 2.05) is 12.1 Å². The molecule has 2 aromatic rings. The summed E-state index contributed by atoms with van der Waals surface area (Å²) in [4.78, 5) is 13.5. The SMILES string of the molecule is O=C(COc1ccc(Cl)cc1Cl)NCC(c1ccco1)[NH+]1CCOCC1.[Cl-]. The van der Waals surface area contributed by atoms with Crippen LogP contribution in [0.3, 0.4) is 0 Å². The number of morpholine rings is 1. The first-order valence-corrected chi connectivity index (χ1v) is 9.19. The molecule has 1 aromatic carbocycles. The number of carbonyl (C=O) groups excluding carboxylic acids is 1. The number of furan rings is 1. The highest BCUT2D eigenvalue weighted by molar-refractivity contribution is 6.35. The molecule has 3 rings (SSSR count). The van der Waals surface area contributed by atoms with Crippen molar-refractivity contribution >= 4 is 29.1 Å². The molecule has 9 heteroatoms. The number of benzene rings is 1. The second-order valence-electron chi connectivity index (χ2n) is 6.01. The van der Waals surface area contributed by atoms with E-state index < -0.39 is 0 Å². The van der Waals surface area contributed by atoms with E-state index in [2.05, 4.69) is 5.32 Å². The minimum atomic E-state index is -0.222. The molecule has 1 unspecified atom stereocenters. The number of hydrogen-bond acceptors (Lipinski definition) is 4. The lowest BCUT2D eigenvalue weighted by atomic mass is 10.1. The van der Waals surface area contributed by atoms with Crippen LogP contribution in [0.15, 0.2) is 41.0 Å². The fraction of sp³-hybridized carbons (Fsp3) is 0.389. The van der Waals surface area contributed by atoms with Crippen LogP contribution < -0.4 is 27.4 Å². The molecule has 1 aliphatic heterocycles. The summed E-state index contributed by atoms with van der Waals surface area (Å²) in [5.74, 6) is 1.05. The van der Waals surface area contributed by atoms with Crippen molar-refractivity contribution < 1.29 is 36.0 Å². The fourth-order valence-electron chi connectivity index (χ4n) is 2.92. The molecule has 2 N–H and O–H groups in total. The lowest BCUT2D eigenvalue weighted by molar-refractivity contribution is -0.938. The summed E-state index contributed by atoms with van der Waals surface area (Å²) >= 11 is 11.9. The third-order valence-electron chi connectivity index (χ3n) is 4.27. The Hall–Kier alpha value is -1.44.